The van der Waals surface area contributed by atoms with Gasteiger partial charge in [-0.15, -0.1) is 6.58 Å². The van der Waals surface area contributed by atoms with Crippen molar-refractivity contribution in [3.63, 3.8) is 0 Å². The van der Waals surface area contributed by atoms with E-state index < -0.39 is 59.3 Å². The van der Waals surface area contributed by atoms with E-state index in [1.165, 1.54) is 107 Å². The average molecular weight is 1400 g/mol. The Hall–Kier alpha value is -8.87. The molecule has 6 aromatic heterocycles. The van der Waals surface area contributed by atoms with E-state index in [4.69, 9.17) is 13.3 Å². The molecule has 28 heteroatoms. The Morgan fingerprint density at radius 1 is 0.633 bits per heavy atom. The summed E-state index contributed by atoms with van der Waals surface area (Å²) in [6.07, 6.45) is 11.7. The quantitative estimate of drug-likeness (QED) is 0.0518. The molecule has 0 fully saturated rings. The highest BCUT2D eigenvalue weighted by Crippen LogP contribution is 2.42. The van der Waals surface area contributed by atoms with E-state index in [0.29, 0.717) is 79.7 Å². The van der Waals surface area contributed by atoms with Crippen LogP contribution < -0.4 is 28.9 Å². The number of fused-ring (bicyclic) bond motifs is 5. The number of carbonyl (C=O) groups excluding carboxylic acids is 3. The number of carbonyl (C=O) groups is 3. The predicted octanol–water partition coefficient (Wildman–Crippen LogP) is 11.1. The SMILES string of the molecule is C=C1CCCN(S(C)(=O)=O)c2nc3oc(-c4ccc(F)cc4)c(C(=O)NC)c3cc21.C=CCCCN(c1nc2oc(-c3ccc(F)cc3)c(C(=O)NC)c2cc1I)S(C)(=O)=O.CNC(=O)c1c(-c2ccc(F)cc2)oc2nc3c(cc12)C=CCCN3S(C)(=O)=O. The van der Waals surface area contributed by atoms with Crippen molar-refractivity contribution in [2.75, 3.05) is 72.5 Å². The third-order valence-corrected chi connectivity index (χ3v) is 18.6. The van der Waals surface area contributed by atoms with Gasteiger partial charge in [0.25, 0.3) is 17.7 Å². The van der Waals surface area contributed by atoms with E-state index in [9.17, 15) is 52.8 Å². The van der Waals surface area contributed by atoms with Crippen LogP contribution in [0.5, 0.6) is 0 Å². The van der Waals surface area contributed by atoms with Crippen LogP contribution in [0.3, 0.4) is 0 Å². The average Bonchev–Trinajstić information content (AvgIpc) is 1.61. The molecular formula is C62H59F3IN9O12S3. The first-order valence-electron chi connectivity index (χ1n) is 27.6. The maximum atomic E-state index is 13.4. The highest BCUT2D eigenvalue weighted by molar-refractivity contribution is 14.1. The Morgan fingerprint density at radius 2 is 1.06 bits per heavy atom. The minimum Gasteiger partial charge on any atom is -0.437 e. The number of hydrogen-bond donors (Lipinski definition) is 3. The molecule has 470 valence electrons. The molecule has 0 unspecified atom stereocenters. The molecule has 3 N–H and O–H groups in total. The first kappa shape index (κ1) is 65.6. The largest absolute Gasteiger partial charge is 0.437 e. The Balaban J connectivity index is 0.000000160. The summed E-state index contributed by atoms with van der Waals surface area (Å²) in [5.74, 6) is -1.02. The lowest BCUT2D eigenvalue weighted by Crippen LogP contribution is -2.32. The number of benzene rings is 3. The van der Waals surface area contributed by atoms with Gasteiger partial charge in [-0.25, -0.2) is 38.4 Å². The Labute approximate surface area is 530 Å². The zero-order chi connectivity index (χ0) is 65.1. The van der Waals surface area contributed by atoms with E-state index in [1.54, 1.807) is 30.4 Å². The monoisotopic (exact) mass is 1400 g/mol. The summed E-state index contributed by atoms with van der Waals surface area (Å²) in [4.78, 5) is 51.3. The smallest absolute Gasteiger partial charge is 0.255 e. The molecule has 0 saturated heterocycles. The van der Waals surface area contributed by atoms with Gasteiger partial charge in [0.05, 0.1) is 55.2 Å². The van der Waals surface area contributed by atoms with Gasteiger partial charge in [-0.1, -0.05) is 24.8 Å². The first-order valence-corrected chi connectivity index (χ1v) is 34.2. The molecule has 0 saturated carbocycles. The van der Waals surface area contributed by atoms with Crippen molar-refractivity contribution >= 4 is 133 Å². The van der Waals surface area contributed by atoms with Crippen LogP contribution in [0.25, 0.3) is 78.9 Å². The standard InChI is InChI=1S/C21H21FIN3O4S.C21H20FN3O4S.C20H18FN3O4S/c1-4-5-6-11-26(31(3,28)29)19-16(23)12-15-17(20(27)24-2)18(30-21(15)25-19)13-7-9-14(22)10-8-13;1-12-5-4-10-25(30(3,27)28)19-15(12)11-16-17(20(26)23-2)18(29-21(16)24-19)13-6-8-14(22)9-7-13;1-22-19(25)16-15-11-13-5-3-4-10-24(29(2,26)27)18(13)23-20(15)28-17(16)12-6-8-14(21)9-7-12/h4,7-10,12H,1,5-6,11H2,2-3H3,(H,24,27);6-9,11H,1,4-5,10H2,2-3H3,(H,23,26);3,5-9,11H,4,10H2,1-2H3,(H,22,25). The molecule has 0 atom stereocenters. The number of pyridine rings is 3. The van der Waals surface area contributed by atoms with Crippen LogP contribution >= 0.6 is 22.6 Å². The third-order valence-electron chi connectivity index (χ3n) is 14.3. The van der Waals surface area contributed by atoms with Gasteiger partial charge in [0.2, 0.25) is 47.2 Å². The van der Waals surface area contributed by atoms with E-state index in [2.05, 4.69) is 44.1 Å². The highest BCUT2D eigenvalue weighted by Gasteiger charge is 2.33. The minimum absolute atomic E-state index is 0.116. The van der Waals surface area contributed by atoms with Crippen LogP contribution in [0.15, 0.2) is 130 Å². The molecule has 0 aliphatic carbocycles. The lowest BCUT2D eigenvalue weighted by molar-refractivity contribution is 0.0956. The number of unbranched alkanes of at least 4 members (excludes halogenated alkanes) is 1. The number of nitrogens with zero attached hydrogens (tertiary/aromatic N) is 6. The van der Waals surface area contributed by atoms with E-state index in [0.717, 1.165) is 24.3 Å². The van der Waals surface area contributed by atoms with Gasteiger partial charge in [0.1, 0.15) is 34.7 Å². The second kappa shape index (κ2) is 26.7. The molecule has 2 aliphatic heterocycles. The molecule has 9 aromatic rings. The zero-order valence-electron chi connectivity index (χ0n) is 49.3. The molecule has 90 heavy (non-hydrogen) atoms. The summed E-state index contributed by atoms with van der Waals surface area (Å²) in [6.45, 7) is 8.50. The highest BCUT2D eigenvalue weighted by atomic mass is 127. The number of rotatable bonds is 14. The van der Waals surface area contributed by atoms with Crippen LogP contribution in [-0.4, -0.2) is 117 Å². The maximum Gasteiger partial charge on any atom is 0.255 e. The van der Waals surface area contributed by atoms with Crippen LogP contribution in [0, 0.1) is 21.0 Å². The van der Waals surface area contributed by atoms with Crippen LogP contribution in [-0.2, 0) is 30.1 Å². The molecular weight excluding hydrogens is 1340 g/mol. The number of anilines is 3. The first-order chi connectivity index (χ1) is 42.7. The zero-order valence-corrected chi connectivity index (χ0v) is 53.9. The number of furan rings is 3. The molecule has 0 bridgehead atoms. The van der Waals surface area contributed by atoms with Crippen LogP contribution in [0.1, 0.15) is 74.3 Å². The summed E-state index contributed by atoms with van der Waals surface area (Å²) in [6, 6.07) is 21.7. The van der Waals surface area contributed by atoms with Gasteiger partial charge in [0.15, 0.2) is 17.5 Å². The second-order valence-electron chi connectivity index (χ2n) is 20.6. The van der Waals surface area contributed by atoms with Crippen molar-refractivity contribution in [1.29, 1.82) is 0 Å². The topological polar surface area (TPSA) is 278 Å². The Kier molecular flexibility index (Phi) is 19.4. The fourth-order valence-corrected chi connectivity index (χ4v) is 13.7. The fourth-order valence-electron chi connectivity index (χ4n) is 10.1. The number of amides is 3. The molecule has 3 amide bonds. The molecule has 3 aromatic carbocycles. The van der Waals surface area contributed by atoms with Gasteiger partial charge < -0.3 is 29.2 Å². The van der Waals surface area contributed by atoms with Crippen LogP contribution in [0.4, 0.5) is 30.6 Å². The maximum absolute atomic E-state index is 13.4. The normalized spacial score (nSPS) is 13.3. The van der Waals surface area contributed by atoms with Gasteiger partial charge in [-0.3, -0.25) is 27.3 Å². The Morgan fingerprint density at radius 3 is 1.49 bits per heavy atom. The third kappa shape index (κ3) is 13.8. The van der Waals surface area contributed by atoms with Gasteiger partial charge in [-0.2, -0.15) is 15.0 Å². The molecule has 0 spiro atoms. The fraction of sp³-hybridized carbons (Fsp3) is 0.226. The molecule has 8 heterocycles. The summed E-state index contributed by atoms with van der Waals surface area (Å²) in [5, 5.41) is 9.06. The van der Waals surface area contributed by atoms with E-state index in [1.807, 2.05) is 28.7 Å². The molecule has 2 aliphatic rings. The second-order valence-corrected chi connectivity index (χ2v) is 27.5. The van der Waals surface area contributed by atoms with Gasteiger partial charge >= 0.3 is 0 Å². The number of hydrogen-bond acceptors (Lipinski definition) is 15. The number of sulfonamides is 3. The van der Waals surface area contributed by atoms with E-state index in [-0.39, 0.29) is 94.1 Å². The summed E-state index contributed by atoms with van der Waals surface area (Å²) in [7, 11) is -6.23. The van der Waals surface area contributed by atoms with E-state index >= 15 is 0 Å². The summed E-state index contributed by atoms with van der Waals surface area (Å²) < 4.78 is 136. The number of allylic oxidation sites excluding steroid dienone is 2. The Bertz CT molecular complexity index is 4710. The van der Waals surface area contributed by atoms with Crippen LogP contribution in [0.2, 0.25) is 0 Å². The van der Waals surface area contributed by atoms with Gasteiger partial charge in [0, 0.05) is 68.6 Å². The number of aromatic nitrogens is 3. The summed E-state index contributed by atoms with van der Waals surface area (Å²) in [5.41, 5.74) is 4.49. The van der Waals surface area contributed by atoms with Crippen molar-refractivity contribution < 1.29 is 66.1 Å². The molecule has 11 rings (SSSR count). The van der Waals surface area contributed by atoms with Crippen molar-refractivity contribution in [2.24, 2.45) is 0 Å². The van der Waals surface area contributed by atoms with Crippen molar-refractivity contribution in [2.45, 2.75) is 32.1 Å². The lowest BCUT2D eigenvalue weighted by atomic mass is 10.0. The lowest BCUT2D eigenvalue weighted by Gasteiger charge is -2.22. The molecule has 21 nitrogen and oxygen atoms in total. The van der Waals surface area contributed by atoms with Crippen molar-refractivity contribution in [1.82, 2.24) is 30.9 Å². The minimum atomic E-state index is -3.60. The predicted molar refractivity (Wildman–Crippen MR) is 349 cm³/mol. The molecule has 0 radical (unpaired) electrons. The summed E-state index contributed by atoms with van der Waals surface area (Å²) >= 11 is 1.99. The number of halogens is 4. The van der Waals surface area contributed by atoms with Crippen molar-refractivity contribution in [3.05, 3.63) is 165 Å². The van der Waals surface area contributed by atoms with Gasteiger partial charge in [-0.05, 0) is 151 Å². The number of nitrogens with one attached hydrogen (secondary N) is 3. The van der Waals surface area contributed by atoms with Crippen molar-refractivity contribution in [3.8, 4) is 34.0 Å².